The van der Waals surface area contributed by atoms with Crippen molar-refractivity contribution in [1.29, 1.82) is 0 Å². The van der Waals surface area contributed by atoms with E-state index in [1.54, 1.807) is 6.92 Å². The van der Waals surface area contributed by atoms with Crippen molar-refractivity contribution in [3.63, 3.8) is 0 Å². The second-order valence-electron chi connectivity index (χ2n) is 10.8. The number of carboxylic acids is 1. The molecule has 4 aliphatic carbocycles. The number of allylic oxidation sites excluding steroid dienone is 1. The number of Topliss-reactive ketones (excluding diaryl/α,β-unsaturated/α-hetero) is 1. The maximum absolute atomic E-state index is 12.3. The second kappa shape index (κ2) is 7.80. The summed E-state index contributed by atoms with van der Waals surface area (Å²) in [6, 6.07) is 0. The molecule has 0 bridgehead atoms. The van der Waals surface area contributed by atoms with E-state index in [-0.39, 0.29) is 35.7 Å². The predicted molar refractivity (Wildman–Crippen MR) is 113 cm³/mol. The van der Waals surface area contributed by atoms with Gasteiger partial charge in [-0.05, 0) is 80.5 Å². The van der Waals surface area contributed by atoms with E-state index in [1.165, 1.54) is 18.4 Å². The molecular weight excluding hydrogens is 380 g/mol. The van der Waals surface area contributed by atoms with Crippen LogP contribution in [0.25, 0.3) is 0 Å². The molecule has 0 aliphatic heterocycles. The zero-order valence-corrected chi connectivity index (χ0v) is 18.6. The van der Waals surface area contributed by atoms with Crippen LogP contribution in [0.4, 0.5) is 0 Å². The average Bonchev–Trinajstić information content (AvgIpc) is 3.04. The number of rotatable bonds is 5. The molecule has 4 aliphatic rings. The first-order valence-corrected chi connectivity index (χ1v) is 11.8. The normalized spacial score (nSPS) is 42.4. The van der Waals surface area contributed by atoms with Crippen LogP contribution in [-0.4, -0.2) is 28.9 Å². The Morgan fingerprint density at radius 3 is 2.53 bits per heavy atom. The van der Waals surface area contributed by atoms with Gasteiger partial charge in [0.15, 0.2) is 0 Å². The van der Waals surface area contributed by atoms with E-state index in [1.807, 2.05) is 0 Å². The van der Waals surface area contributed by atoms with Gasteiger partial charge in [-0.3, -0.25) is 14.4 Å². The lowest BCUT2D eigenvalue weighted by Gasteiger charge is -2.58. The highest BCUT2D eigenvalue weighted by Crippen LogP contribution is 2.66. The number of fused-ring (bicyclic) bond motifs is 5. The van der Waals surface area contributed by atoms with Gasteiger partial charge in [0.1, 0.15) is 11.9 Å². The lowest BCUT2D eigenvalue weighted by molar-refractivity contribution is -0.154. The fraction of sp³-hybridized carbons (Fsp3) is 0.800. The zero-order valence-electron chi connectivity index (χ0n) is 18.6. The number of ketones is 1. The van der Waals surface area contributed by atoms with Crippen molar-refractivity contribution in [2.75, 3.05) is 0 Å². The zero-order chi connectivity index (χ0) is 21.7. The molecule has 0 aromatic rings. The Balaban J connectivity index is 1.46. The average molecular weight is 417 g/mol. The molecule has 3 saturated carbocycles. The fourth-order valence-electron chi connectivity index (χ4n) is 7.85. The van der Waals surface area contributed by atoms with Crippen LogP contribution in [0.1, 0.15) is 85.0 Å². The smallest absolute Gasteiger partial charge is 0.306 e. The van der Waals surface area contributed by atoms with E-state index in [0.29, 0.717) is 23.5 Å². The minimum absolute atomic E-state index is 0.0512. The lowest BCUT2D eigenvalue weighted by atomic mass is 9.47. The monoisotopic (exact) mass is 416 g/mol. The number of carboxylic acid groups (broad SMARTS) is 1. The van der Waals surface area contributed by atoms with Crippen molar-refractivity contribution in [2.45, 2.75) is 91.1 Å². The molecule has 3 fully saturated rings. The molecule has 0 heterocycles. The molecule has 5 nitrogen and oxygen atoms in total. The summed E-state index contributed by atoms with van der Waals surface area (Å²) in [5.74, 6) is 1.22. The third kappa shape index (κ3) is 3.52. The SMILES string of the molecule is CC(=O)C1CCC2C3CC=C4CC(OC(=O)CCC(=O)O)CC[C@]4(C)C3CC[C@]12C. The minimum Gasteiger partial charge on any atom is -0.481 e. The van der Waals surface area contributed by atoms with E-state index in [9.17, 15) is 14.4 Å². The number of hydrogen-bond donors (Lipinski definition) is 1. The molecule has 0 aromatic heterocycles. The number of carbonyl (C=O) groups is 3. The van der Waals surface area contributed by atoms with Gasteiger partial charge >= 0.3 is 11.9 Å². The molecule has 0 amide bonds. The van der Waals surface area contributed by atoms with Crippen molar-refractivity contribution < 1.29 is 24.2 Å². The first-order chi connectivity index (χ1) is 14.1. The van der Waals surface area contributed by atoms with E-state index < -0.39 is 11.9 Å². The van der Waals surface area contributed by atoms with Gasteiger partial charge in [-0.15, -0.1) is 0 Å². The van der Waals surface area contributed by atoms with Gasteiger partial charge in [0.2, 0.25) is 0 Å². The first kappa shape index (κ1) is 21.6. The van der Waals surface area contributed by atoms with Crippen LogP contribution in [0.5, 0.6) is 0 Å². The van der Waals surface area contributed by atoms with Gasteiger partial charge in [0.25, 0.3) is 0 Å². The molecule has 30 heavy (non-hydrogen) atoms. The van der Waals surface area contributed by atoms with E-state index >= 15 is 0 Å². The first-order valence-electron chi connectivity index (χ1n) is 11.8. The summed E-state index contributed by atoms with van der Waals surface area (Å²) in [4.78, 5) is 35.0. The Morgan fingerprint density at radius 1 is 1.07 bits per heavy atom. The van der Waals surface area contributed by atoms with Crippen LogP contribution < -0.4 is 0 Å². The van der Waals surface area contributed by atoms with Crippen molar-refractivity contribution in [2.24, 2.45) is 34.5 Å². The summed E-state index contributed by atoms with van der Waals surface area (Å²) in [6.07, 6.45) is 10.4. The number of aliphatic carboxylic acids is 1. The highest BCUT2D eigenvalue weighted by atomic mass is 16.5. The molecular formula is C25H36O5. The second-order valence-corrected chi connectivity index (χ2v) is 10.8. The van der Waals surface area contributed by atoms with Gasteiger partial charge in [0.05, 0.1) is 12.8 Å². The van der Waals surface area contributed by atoms with Crippen molar-refractivity contribution >= 4 is 17.7 Å². The molecule has 0 spiro atoms. The third-order valence-corrected chi connectivity index (χ3v) is 9.39. The Morgan fingerprint density at radius 2 is 1.83 bits per heavy atom. The number of hydrogen-bond acceptors (Lipinski definition) is 4. The molecule has 0 aromatic carbocycles. The molecule has 0 radical (unpaired) electrons. The van der Waals surface area contributed by atoms with Crippen molar-refractivity contribution in [1.82, 2.24) is 0 Å². The summed E-state index contributed by atoms with van der Waals surface area (Å²) >= 11 is 0. The molecule has 1 N–H and O–H groups in total. The van der Waals surface area contributed by atoms with Crippen LogP contribution >= 0.6 is 0 Å². The third-order valence-electron chi connectivity index (χ3n) is 9.39. The van der Waals surface area contributed by atoms with E-state index in [4.69, 9.17) is 9.84 Å². The van der Waals surface area contributed by atoms with Crippen LogP contribution in [0, 0.1) is 34.5 Å². The topological polar surface area (TPSA) is 80.7 Å². The number of ether oxygens (including phenoxy) is 1. The summed E-state index contributed by atoms with van der Waals surface area (Å²) in [5.41, 5.74) is 1.78. The Labute approximate surface area is 179 Å². The Bertz CT molecular complexity index is 770. The highest BCUT2D eigenvalue weighted by Gasteiger charge is 2.59. The summed E-state index contributed by atoms with van der Waals surface area (Å²) in [5, 5.41) is 8.76. The molecule has 4 rings (SSSR count). The molecule has 0 saturated heterocycles. The van der Waals surface area contributed by atoms with Crippen molar-refractivity contribution in [3.05, 3.63) is 11.6 Å². The van der Waals surface area contributed by atoms with E-state index in [0.717, 1.165) is 38.5 Å². The Kier molecular flexibility index (Phi) is 5.61. The molecule has 166 valence electrons. The largest absolute Gasteiger partial charge is 0.481 e. The number of esters is 1. The summed E-state index contributed by atoms with van der Waals surface area (Å²) in [7, 11) is 0. The van der Waals surface area contributed by atoms with Crippen molar-refractivity contribution in [3.8, 4) is 0 Å². The maximum Gasteiger partial charge on any atom is 0.306 e. The Hall–Kier alpha value is -1.65. The summed E-state index contributed by atoms with van der Waals surface area (Å²) < 4.78 is 5.62. The predicted octanol–water partition coefficient (Wildman–Crippen LogP) is 4.93. The van der Waals surface area contributed by atoms with Gasteiger partial charge in [-0.25, -0.2) is 0 Å². The standard InChI is InChI=1S/C25H36O5/c1-15(26)19-6-7-20-18-5-4-16-14-17(30-23(29)9-8-22(27)28)10-12-24(16,2)21(18)11-13-25(19,20)3/h4,17-21H,5-14H2,1-3H3,(H,27,28)/t17?,18?,19?,20?,21?,24-,25+/m0/s1. The van der Waals surface area contributed by atoms with Crippen LogP contribution in [0.15, 0.2) is 11.6 Å². The molecule has 7 atom stereocenters. The molecule has 5 unspecified atom stereocenters. The highest BCUT2D eigenvalue weighted by molar-refractivity contribution is 5.79. The molecule has 5 heteroatoms. The fourth-order valence-corrected chi connectivity index (χ4v) is 7.85. The lowest BCUT2D eigenvalue weighted by Crippen LogP contribution is -2.51. The number of carbonyl (C=O) groups excluding carboxylic acids is 2. The van der Waals surface area contributed by atoms with Gasteiger partial charge < -0.3 is 9.84 Å². The van der Waals surface area contributed by atoms with Crippen LogP contribution in [0.3, 0.4) is 0 Å². The van der Waals surface area contributed by atoms with Crippen LogP contribution in [-0.2, 0) is 19.1 Å². The maximum atomic E-state index is 12.3. The summed E-state index contributed by atoms with van der Waals surface area (Å²) in [6.45, 7) is 6.57. The minimum atomic E-state index is -0.965. The van der Waals surface area contributed by atoms with Gasteiger partial charge in [0, 0.05) is 12.3 Å². The van der Waals surface area contributed by atoms with Gasteiger partial charge in [-0.2, -0.15) is 0 Å². The quantitative estimate of drug-likeness (QED) is 0.508. The van der Waals surface area contributed by atoms with Gasteiger partial charge in [-0.1, -0.05) is 25.5 Å². The van der Waals surface area contributed by atoms with Crippen LogP contribution in [0.2, 0.25) is 0 Å². The van der Waals surface area contributed by atoms with E-state index in [2.05, 4.69) is 19.9 Å².